The fourth-order valence-corrected chi connectivity index (χ4v) is 5.88. The smallest absolute Gasteiger partial charge is 0.337 e. The first kappa shape index (κ1) is 28.3. The van der Waals surface area contributed by atoms with Gasteiger partial charge >= 0.3 is 5.97 Å². The summed E-state index contributed by atoms with van der Waals surface area (Å²) in [7, 11) is 1.26. The lowest BCUT2D eigenvalue weighted by Crippen LogP contribution is -2.60. The van der Waals surface area contributed by atoms with Crippen LogP contribution in [-0.2, 0) is 30.2 Å². The van der Waals surface area contributed by atoms with Crippen molar-refractivity contribution in [1.29, 1.82) is 5.26 Å². The molecule has 0 amide bonds. The summed E-state index contributed by atoms with van der Waals surface area (Å²) in [6, 6.07) is 9.36. The Bertz CT molecular complexity index is 1320. The summed E-state index contributed by atoms with van der Waals surface area (Å²) in [4.78, 5) is 16.3. The number of aliphatic hydroxyl groups is 4. The van der Waals surface area contributed by atoms with E-state index in [0.717, 1.165) is 22.2 Å². The van der Waals surface area contributed by atoms with Crippen LogP contribution >= 0.6 is 0 Å². The predicted molar refractivity (Wildman–Crippen MR) is 139 cm³/mol. The molecule has 6 N–H and O–H groups in total. The van der Waals surface area contributed by atoms with Crippen LogP contribution in [-0.4, -0.2) is 88.1 Å². The largest absolute Gasteiger partial charge is 0.471 e. The number of nitriles is 1. The number of aromatic nitrogens is 1. The van der Waals surface area contributed by atoms with Crippen LogP contribution in [0.3, 0.4) is 0 Å². The molecule has 3 aliphatic rings. The molecule has 5 rings (SSSR count). The number of methoxy groups -OCH3 is 1. The fraction of sp³-hybridized carbons (Fsp3) is 0.500. The van der Waals surface area contributed by atoms with Gasteiger partial charge in [0.25, 0.3) is 0 Å². The van der Waals surface area contributed by atoms with Crippen LogP contribution in [0.25, 0.3) is 10.9 Å². The summed E-state index contributed by atoms with van der Waals surface area (Å²) in [6.45, 7) is 3.31. The molecule has 1 aromatic heterocycles. The molecule has 0 radical (unpaired) electrons. The number of benzene rings is 1. The van der Waals surface area contributed by atoms with Gasteiger partial charge in [0.1, 0.15) is 24.4 Å². The standard InChI is InChI=1S/C28H33N3O9/c1-3-14-16(9-20-22-17(8-13(10-29)30-20)15-6-4-5-7-19(15)31-22)18(26(36)37-2)12-38-27(14)40-28-25(35)24(34)23(33)21(11-32)39-28/h3-7,12-14,16,20-21,23-25,27-28,30-35H,1,8-9,11H2,2H3/t13-,14-,16+,20+,21-,23-,24+,25-,27+,28+/m1/s1. The molecule has 0 aliphatic carbocycles. The first-order chi connectivity index (χ1) is 19.3. The van der Waals surface area contributed by atoms with Gasteiger partial charge in [0.05, 0.1) is 37.7 Å². The number of esters is 1. The zero-order chi connectivity index (χ0) is 28.6. The number of aromatic amines is 1. The molecule has 12 heteroatoms. The Kier molecular flexibility index (Phi) is 8.25. The highest BCUT2D eigenvalue weighted by atomic mass is 16.8. The van der Waals surface area contributed by atoms with E-state index < -0.39 is 67.4 Å². The second kappa shape index (κ2) is 11.7. The Hall–Kier alpha value is -3.28. The van der Waals surface area contributed by atoms with Crippen molar-refractivity contribution in [2.24, 2.45) is 11.8 Å². The molecule has 40 heavy (non-hydrogen) atoms. The van der Waals surface area contributed by atoms with E-state index in [4.69, 9.17) is 18.9 Å². The Balaban J connectivity index is 1.46. The van der Waals surface area contributed by atoms with Gasteiger partial charge in [0.2, 0.25) is 6.29 Å². The van der Waals surface area contributed by atoms with E-state index in [2.05, 4.69) is 22.9 Å². The van der Waals surface area contributed by atoms with Crippen LogP contribution in [0.4, 0.5) is 0 Å². The number of hydrogen-bond acceptors (Lipinski definition) is 11. The van der Waals surface area contributed by atoms with E-state index in [-0.39, 0.29) is 11.6 Å². The number of carbonyl (C=O) groups excluding carboxylic acids is 1. The van der Waals surface area contributed by atoms with Gasteiger partial charge in [-0.2, -0.15) is 5.26 Å². The molecular formula is C28H33N3O9. The van der Waals surface area contributed by atoms with Crippen LogP contribution in [0.2, 0.25) is 0 Å². The van der Waals surface area contributed by atoms with Gasteiger partial charge in [-0.15, -0.1) is 6.58 Å². The molecular weight excluding hydrogens is 522 g/mol. The third kappa shape index (κ3) is 5.02. The number of hydrogen-bond donors (Lipinski definition) is 6. The highest BCUT2D eigenvalue weighted by Gasteiger charge is 2.48. The number of carbonyl (C=O) groups is 1. The van der Waals surface area contributed by atoms with Crippen molar-refractivity contribution < 1.29 is 44.2 Å². The third-order valence-corrected chi connectivity index (χ3v) is 7.97. The Morgan fingerprint density at radius 1 is 1.23 bits per heavy atom. The minimum Gasteiger partial charge on any atom is -0.471 e. The normalized spacial score (nSPS) is 35.6. The van der Waals surface area contributed by atoms with Crippen LogP contribution in [0.15, 0.2) is 48.8 Å². The monoisotopic (exact) mass is 555 g/mol. The van der Waals surface area contributed by atoms with Gasteiger partial charge in [-0.3, -0.25) is 5.32 Å². The number of rotatable bonds is 7. The summed E-state index contributed by atoms with van der Waals surface area (Å²) in [5.41, 5.74) is 3.13. The summed E-state index contributed by atoms with van der Waals surface area (Å²) >= 11 is 0. The summed E-state index contributed by atoms with van der Waals surface area (Å²) in [5, 5.41) is 54.5. The number of fused-ring (bicyclic) bond motifs is 3. The molecule has 1 fully saturated rings. The Morgan fingerprint density at radius 3 is 2.70 bits per heavy atom. The van der Waals surface area contributed by atoms with Crippen molar-refractivity contribution in [2.75, 3.05) is 13.7 Å². The van der Waals surface area contributed by atoms with Crippen molar-refractivity contribution in [3.63, 3.8) is 0 Å². The molecule has 214 valence electrons. The number of nitrogens with zero attached hydrogens (tertiary/aromatic N) is 1. The van der Waals surface area contributed by atoms with Crippen LogP contribution in [0.5, 0.6) is 0 Å². The van der Waals surface area contributed by atoms with Gasteiger partial charge in [0, 0.05) is 40.9 Å². The maximum absolute atomic E-state index is 12.8. The lowest BCUT2D eigenvalue weighted by molar-refractivity contribution is -0.339. The zero-order valence-electron chi connectivity index (χ0n) is 21.8. The van der Waals surface area contributed by atoms with E-state index in [9.17, 15) is 30.5 Å². The first-order valence-corrected chi connectivity index (χ1v) is 13.1. The van der Waals surface area contributed by atoms with E-state index in [1.54, 1.807) is 6.08 Å². The van der Waals surface area contributed by atoms with Gasteiger partial charge in [0.15, 0.2) is 6.29 Å². The molecule has 0 unspecified atom stereocenters. The van der Waals surface area contributed by atoms with Crippen molar-refractivity contribution in [1.82, 2.24) is 10.3 Å². The number of ether oxygens (including phenoxy) is 4. The van der Waals surface area contributed by atoms with Crippen molar-refractivity contribution in [2.45, 2.75) is 61.9 Å². The average Bonchev–Trinajstić information content (AvgIpc) is 3.36. The van der Waals surface area contributed by atoms with Crippen LogP contribution < -0.4 is 5.32 Å². The van der Waals surface area contributed by atoms with Crippen molar-refractivity contribution >= 4 is 16.9 Å². The van der Waals surface area contributed by atoms with Gasteiger partial charge in [-0.25, -0.2) is 4.79 Å². The maximum Gasteiger partial charge on any atom is 0.337 e. The zero-order valence-corrected chi connectivity index (χ0v) is 21.8. The van der Waals surface area contributed by atoms with Crippen LogP contribution in [0, 0.1) is 23.2 Å². The van der Waals surface area contributed by atoms with E-state index >= 15 is 0 Å². The second-order valence-corrected chi connectivity index (χ2v) is 10.2. The van der Waals surface area contributed by atoms with Gasteiger partial charge < -0.3 is 44.4 Å². The van der Waals surface area contributed by atoms with E-state index in [1.165, 1.54) is 13.4 Å². The van der Waals surface area contributed by atoms with Gasteiger partial charge in [-0.05, 0) is 18.1 Å². The third-order valence-electron chi connectivity index (χ3n) is 7.97. The minimum atomic E-state index is -1.64. The first-order valence-electron chi connectivity index (χ1n) is 13.1. The van der Waals surface area contributed by atoms with Gasteiger partial charge in [-0.1, -0.05) is 24.3 Å². The van der Waals surface area contributed by atoms with Crippen LogP contribution in [0.1, 0.15) is 23.7 Å². The second-order valence-electron chi connectivity index (χ2n) is 10.2. The number of H-pyrrole nitrogens is 1. The topological polar surface area (TPSA) is 187 Å². The minimum absolute atomic E-state index is 0.236. The predicted octanol–water partition coefficient (Wildman–Crippen LogP) is 0.285. The molecule has 0 bridgehead atoms. The quantitative estimate of drug-likeness (QED) is 0.204. The SMILES string of the molecule is C=C[C@H]1[C@H](O[C@@H]2O[C@H](CO)[C@@H](O)[C@H](O)[C@H]2O)OC=C(C(=O)OC)[C@H]1C[C@@H]1N[C@@H](C#N)Cc2c1[nH]c1ccccc21. The number of aliphatic hydroxyl groups excluding tert-OH is 4. The summed E-state index contributed by atoms with van der Waals surface area (Å²) in [6.07, 6.45) is -4.90. The highest BCUT2D eigenvalue weighted by Crippen LogP contribution is 2.42. The summed E-state index contributed by atoms with van der Waals surface area (Å²) < 4.78 is 22.2. The molecule has 1 saturated heterocycles. The lowest BCUT2D eigenvalue weighted by atomic mass is 9.77. The van der Waals surface area contributed by atoms with Crippen molar-refractivity contribution in [3.05, 3.63) is 60.0 Å². The highest BCUT2D eigenvalue weighted by molar-refractivity contribution is 5.89. The molecule has 2 aromatic rings. The fourth-order valence-electron chi connectivity index (χ4n) is 5.88. The van der Waals surface area contributed by atoms with E-state index in [0.29, 0.717) is 12.8 Å². The molecule has 0 saturated carbocycles. The molecule has 10 atom stereocenters. The Morgan fingerprint density at radius 2 is 2.00 bits per heavy atom. The van der Waals surface area contributed by atoms with E-state index in [1.807, 2.05) is 24.3 Å². The molecule has 3 aliphatic heterocycles. The number of para-hydroxylation sites is 1. The van der Waals surface area contributed by atoms with Crippen molar-refractivity contribution in [3.8, 4) is 6.07 Å². The Labute approximate surface area is 230 Å². The molecule has 0 spiro atoms. The molecule has 1 aromatic carbocycles. The molecule has 4 heterocycles. The summed E-state index contributed by atoms with van der Waals surface area (Å²) in [5.74, 6) is -1.83. The average molecular weight is 556 g/mol. The maximum atomic E-state index is 12.8. The number of nitrogens with one attached hydrogen (secondary N) is 2. The molecule has 12 nitrogen and oxygen atoms in total. The lowest BCUT2D eigenvalue weighted by Gasteiger charge is -2.43.